The van der Waals surface area contributed by atoms with Gasteiger partial charge in [-0.15, -0.1) is 0 Å². The molecule has 0 fully saturated rings. The van der Waals surface area contributed by atoms with Gasteiger partial charge in [0.25, 0.3) is 0 Å². The first kappa shape index (κ1) is 18.6. The Kier molecular flexibility index (Phi) is 5.86. The van der Waals surface area contributed by atoms with Crippen molar-refractivity contribution in [1.29, 1.82) is 0 Å². The highest BCUT2D eigenvalue weighted by molar-refractivity contribution is 6.03. The second kappa shape index (κ2) is 8.49. The molecular weight excluding hydrogens is 344 g/mol. The van der Waals surface area contributed by atoms with Gasteiger partial charge >= 0.3 is 5.97 Å². The van der Waals surface area contributed by atoms with E-state index in [4.69, 9.17) is 9.47 Å². The zero-order valence-electron chi connectivity index (χ0n) is 15.4. The minimum atomic E-state index is -0.427. The third-order valence-corrected chi connectivity index (χ3v) is 4.27. The lowest BCUT2D eigenvalue weighted by atomic mass is 9.97. The Morgan fingerprint density at radius 2 is 1.81 bits per heavy atom. The van der Waals surface area contributed by atoms with Gasteiger partial charge < -0.3 is 9.47 Å². The van der Waals surface area contributed by atoms with Gasteiger partial charge in [0.1, 0.15) is 5.75 Å². The molecule has 1 atom stereocenters. The van der Waals surface area contributed by atoms with Crippen LogP contribution in [0, 0.1) is 0 Å². The van der Waals surface area contributed by atoms with Crippen LogP contribution in [0.1, 0.15) is 37.4 Å². The van der Waals surface area contributed by atoms with Gasteiger partial charge in [0.2, 0.25) is 5.91 Å². The fraction of sp³-hybridized carbons (Fsp3) is 0.286. The highest BCUT2D eigenvalue weighted by Gasteiger charge is 2.33. The van der Waals surface area contributed by atoms with Crippen molar-refractivity contribution >= 4 is 17.6 Å². The molecule has 0 unspecified atom stereocenters. The van der Waals surface area contributed by atoms with Gasteiger partial charge in [0, 0.05) is 18.9 Å². The zero-order valence-corrected chi connectivity index (χ0v) is 15.4. The largest absolute Gasteiger partial charge is 0.482 e. The summed E-state index contributed by atoms with van der Waals surface area (Å²) in [4.78, 5) is 23.8. The van der Waals surface area contributed by atoms with Gasteiger partial charge in [-0.05, 0) is 18.6 Å². The molecule has 0 N–H and O–H groups in total. The minimum absolute atomic E-state index is 0.147. The Morgan fingerprint density at radius 3 is 2.52 bits per heavy atom. The van der Waals surface area contributed by atoms with E-state index in [-0.39, 0.29) is 18.6 Å². The van der Waals surface area contributed by atoms with Crippen molar-refractivity contribution < 1.29 is 19.1 Å². The van der Waals surface area contributed by atoms with Crippen molar-refractivity contribution in [2.75, 3.05) is 13.2 Å². The van der Waals surface area contributed by atoms with E-state index in [0.717, 1.165) is 16.8 Å². The van der Waals surface area contributed by atoms with Crippen LogP contribution >= 0.6 is 0 Å². The summed E-state index contributed by atoms with van der Waals surface area (Å²) < 4.78 is 10.6. The Balaban J connectivity index is 1.85. The molecule has 27 heavy (non-hydrogen) atoms. The lowest BCUT2D eigenvalue weighted by Crippen LogP contribution is -2.25. The van der Waals surface area contributed by atoms with Crippen molar-refractivity contribution in [1.82, 2.24) is 5.01 Å². The number of esters is 1. The summed E-state index contributed by atoms with van der Waals surface area (Å²) in [5, 5.41) is 6.02. The Morgan fingerprint density at radius 1 is 1.11 bits per heavy atom. The summed E-state index contributed by atoms with van der Waals surface area (Å²) in [5.41, 5.74) is 2.64. The molecule has 0 radical (unpaired) electrons. The Labute approximate surface area is 158 Å². The summed E-state index contributed by atoms with van der Waals surface area (Å²) in [6.07, 6.45) is 0.573. The fourth-order valence-corrected chi connectivity index (χ4v) is 3.07. The first-order chi connectivity index (χ1) is 13.1. The topological polar surface area (TPSA) is 68.2 Å². The molecule has 0 spiro atoms. The van der Waals surface area contributed by atoms with Gasteiger partial charge in [-0.2, -0.15) is 5.10 Å². The van der Waals surface area contributed by atoms with Crippen LogP contribution in [0.25, 0.3) is 0 Å². The summed E-state index contributed by atoms with van der Waals surface area (Å²) >= 11 is 0. The Bertz CT molecular complexity index is 848. The lowest BCUT2D eigenvalue weighted by molar-refractivity contribution is -0.145. The normalized spacial score (nSPS) is 16.0. The average Bonchev–Trinajstić information content (AvgIpc) is 3.13. The number of hydrogen-bond donors (Lipinski definition) is 0. The predicted octanol–water partition coefficient (Wildman–Crippen LogP) is 3.33. The molecule has 2 aromatic carbocycles. The van der Waals surface area contributed by atoms with Crippen LogP contribution in [0.3, 0.4) is 0 Å². The SMILES string of the molecule is CCOC(=O)COc1ccccc1[C@@H]1CC(c2ccccc2)=NN1C(C)=O. The van der Waals surface area contributed by atoms with Crippen molar-refractivity contribution in [3.05, 3.63) is 65.7 Å². The van der Waals surface area contributed by atoms with E-state index in [0.29, 0.717) is 18.8 Å². The van der Waals surface area contributed by atoms with E-state index in [1.54, 1.807) is 13.0 Å². The first-order valence-electron chi connectivity index (χ1n) is 8.90. The van der Waals surface area contributed by atoms with E-state index < -0.39 is 5.97 Å². The molecular formula is C21H22N2O4. The molecule has 2 aromatic rings. The molecule has 6 heteroatoms. The van der Waals surface area contributed by atoms with Crippen LogP contribution in [0.2, 0.25) is 0 Å². The number of nitrogens with zero attached hydrogens (tertiary/aromatic N) is 2. The Hall–Kier alpha value is -3.15. The molecule has 0 saturated heterocycles. The number of amides is 1. The molecule has 1 aliphatic rings. The molecule has 0 aromatic heterocycles. The molecule has 0 aliphatic carbocycles. The summed E-state index contributed by atoms with van der Waals surface area (Å²) in [7, 11) is 0. The smallest absolute Gasteiger partial charge is 0.344 e. The van der Waals surface area contributed by atoms with E-state index in [1.165, 1.54) is 11.9 Å². The number of benzene rings is 2. The summed E-state index contributed by atoms with van der Waals surface area (Å²) in [6, 6.07) is 16.9. The number of carbonyl (C=O) groups is 2. The van der Waals surface area contributed by atoms with Gasteiger partial charge in [-0.3, -0.25) is 4.79 Å². The maximum Gasteiger partial charge on any atom is 0.344 e. The van der Waals surface area contributed by atoms with Crippen LogP contribution in [0.5, 0.6) is 5.75 Å². The third kappa shape index (κ3) is 4.34. The van der Waals surface area contributed by atoms with Crippen LogP contribution < -0.4 is 4.74 Å². The van der Waals surface area contributed by atoms with Crippen LogP contribution in [-0.4, -0.2) is 35.8 Å². The molecule has 3 rings (SSSR count). The standard InChI is InChI=1S/C21H22N2O4/c1-3-26-21(25)14-27-20-12-8-7-11-17(20)19-13-18(22-23(19)15(2)24)16-9-5-4-6-10-16/h4-12,19H,3,13-14H2,1-2H3/t19-/m0/s1. The first-order valence-corrected chi connectivity index (χ1v) is 8.90. The molecule has 0 saturated carbocycles. The van der Waals surface area contributed by atoms with E-state index in [9.17, 15) is 9.59 Å². The molecule has 140 valence electrons. The monoisotopic (exact) mass is 366 g/mol. The quantitative estimate of drug-likeness (QED) is 0.736. The molecule has 1 amide bonds. The second-order valence-corrected chi connectivity index (χ2v) is 6.13. The van der Waals surface area contributed by atoms with Gasteiger partial charge in [-0.25, -0.2) is 9.80 Å². The number of hydrogen-bond acceptors (Lipinski definition) is 5. The van der Waals surface area contributed by atoms with Crippen molar-refractivity contribution in [2.24, 2.45) is 5.10 Å². The highest BCUT2D eigenvalue weighted by atomic mass is 16.6. The lowest BCUT2D eigenvalue weighted by Gasteiger charge is -2.22. The number of ether oxygens (including phenoxy) is 2. The van der Waals surface area contributed by atoms with E-state index in [2.05, 4.69) is 5.10 Å². The maximum atomic E-state index is 12.2. The van der Waals surface area contributed by atoms with Gasteiger partial charge in [0.15, 0.2) is 6.61 Å². The molecule has 0 bridgehead atoms. The van der Waals surface area contributed by atoms with Crippen molar-refractivity contribution in [2.45, 2.75) is 26.3 Å². The predicted molar refractivity (Wildman–Crippen MR) is 101 cm³/mol. The fourth-order valence-electron chi connectivity index (χ4n) is 3.07. The van der Waals surface area contributed by atoms with E-state index in [1.807, 2.05) is 48.5 Å². The number of hydrazone groups is 1. The average molecular weight is 366 g/mol. The highest BCUT2D eigenvalue weighted by Crippen LogP contribution is 2.37. The summed E-state index contributed by atoms with van der Waals surface area (Å²) in [5.74, 6) is -0.0270. The number of para-hydroxylation sites is 1. The number of carbonyl (C=O) groups excluding carboxylic acids is 2. The molecule has 1 heterocycles. The number of rotatable bonds is 6. The van der Waals surface area contributed by atoms with Crippen LogP contribution in [0.15, 0.2) is 59.7 Å². The third-order valence-electron chi connectivity index (χ3n) is 4.27. The molecule has 1 aliphatic heterocycles. The second-order valence-electron chi connectivity index (χ2n) is 6.13. The van der Waals surface area contributed by atoms with Gasteiger partial charge in [0.05, 0.1) is 18.4 Å². The minimum Gasteiger partial charge on any atom is -0.482 e. The molecule has 6 nitrogen and oxygen atoms in total. The maximum absolute atomic E-state index is 12.2. The van der Waals surface area contributed by atoms with Crippen molar-refractivity contribution in [3.63, 3.8) is 0 Å². The van der Waals surface area contributed by atoms with Gasteiger partial charge in [-0.1, -0.05) is 48.5 Å². The summed E-state index contributed by atoms with van der Waals surface area (Å²) in [6.45, 7) is 3.37. The van der Waals surface area contributed by atoms with Crippen molar-refractivity contribution in [3.8, 4) is 5.75 Å². The zero-order chi connectivity index (χ0) is 19.2. The van der Waals surface area contributed by atoms with Crippen LogP contribution in [0.4, 0.5) is 0 Å². The van der Waals surface area contributed by atoms with Crippen LogP contribution in [-0.2, 0) is 14.3 Å². The van der Waals surface area contributed by atoms with E-state index >= 15 is 0 Å².